The van der Waals surface area contributed by atoms with Gasteiger partial charge in [0.05, 0.1) is 0 Å². The van der Waals surface area contributed by atoms with Crippen molar-refractivity contribution in [3.63, 3.8) is 0 Å². The van der Waals surface area contributed by atoms with Crippen LogP contribution in [0.25, 0.3) is 0 Å². The summed E-state index contributed by atoms with van der Waals surface area (Å²) in [7, 11) is 0. The molecule has 0 aromatic carbocycles. The van der Waals surface area contributed by atoms with Crippen molar-refractivity contribution in [2.75, 3.05) is 0 Å². The average molecular weight is 429 g/mol. The largest absolute Gasteiger partial charge is 0.269 e. The van der Waals surface area contributed by atoms with Crippen molar-refractivity contribution in [2.45, 2.75) is 25.7 Å². The van der Waals surface area contributed by atoms with Gasteiger partial charge in [-0.1, -0.05) is 12.2 Å². The number of halogens is 2. The third kappa shape index (κ3) is 10.8. The van der Waals surface area contributed by atoms with Crippen molar-refractivity contribution in [1.29, 1.82) is 0 Å². The van der Waals surface area contributed by atoms with E-state index in [4.69, 9.17) is 0 Å². The Morgan fingerprint density at radius 1 is 0.895 bits per heavy atom. The molecule has 2 rings (SSSR count). The van der Waals surface area contributed by atoms with Gasteiger partial charge >= 0.3 is 0 Å². The van der Waals surface area contributed by atoms with Crippen LogP contribution in [0.2, 0.25) is 0 Å². The van der Waals surface area contributed by atoms with Crippen LogP contribution in [-0.4, -0.2) is 0 Å². The molecule has 0 radical (unpaired) electrons. The molecule has 0 saturated heterocycles. The quantitative estimate of drug-likeness (QED) is 0.342. The maximum absolute atomic E-state index is 3.63. The van der Waals surface area contributed by atoms with Gasteiger partial charge in [-0.3, -0.25) is 21.6 Å². The molecule has 0 saturated carbocycles. The van der Waals surface area contributed by atoms with Crippen LogP contribution in [0.15, 0.2) is 60.8 Å². The number of hydrogen-bond donors (Lipinski definition) is 0. The zero-order valence-corrected chi connectivity index (χ0v) is 14.6. The van der Waals surface area contributed by atoms with Gasteiger partial charge in [-0.05, 0) is 12.8 Å². The molecule has 0 bridgehead atoms. The molecule has 0 N–H and O–H groups in total. The van der Waals surface area contributed by atoms with Crippen LogP contribution in [0.4, 0.5) is 9.41 Å². The molecule has 0 fully saturated rings. The molecule has 0 aromatic rings. The minimum Gasteiger partial charge on any atom is -0.269 e. The minimum atomic E-state index is 0. The fraction of sp³-hybridized carbons (Fsp3) is 0.250. The number of allylic oxidation sites excluding steroid dienone is 10. The van der Waals surface area contributed by atoms with E-state index in [2.05, 4.69) is 49.6 Å². The normalized spacial score (nSPS) is 13.7. The van der Waals surface area contributed by atoms with E-state index in [9.17, 15) is 0 Å². The molecular weight excluding hydrogens is 409 g/mol. The Balaban J connectivity index is -0.000000233. The first kappa shape index (κ1) is 23.3. The molecule has 0 unspecified atom stereocenters. The third-order valence-corrected chi connectivity index (χ3v) is 2.26. The Bertz CT molecular complexity index is 327. The second-order valence-electron chi connectivity index (χ2n) is 3.60. The predicted molar refractivity (Wildman–Crippen MR) is 75.7 cm³/mol. The molecule has 2 aliphatic rings. The van der Waals surface area contributed by atoms with Crippen molar-refractivity contribution in [3.8, 4) is 0 Å². The molecule has 2 aliphatic carbocycles. The van der Waals surface area contributed by atoms with Gasteiger partial charge in [0.2, 0.25) is 0 Å². The van der Waals surface area contributed by atoms with Gasteiger partial charge in [-0.15, -0.1) is 26.0 Å². The molecule has 0 heterocycles. The van der Waals surface area contributed by atoms with Gasteiger partial charge < -0.3 is 0 Å². The van der Waals surface area contributed by atoms with E-state index < -0.39 is 0 Å². The number of hydrogen-bond acceptors (Lipinski definition) is 0. The fourth-order valence-electron chi connectivity index (χ4n) is 1.49. The maximum atomic E-state index is 3.63. The summed E-state index contributed by atoms with van der Waals surface area (Å²) in [5.74, 6) is 0. The predicted octanol–water partition coefficient (Wildman–Crippen LogP) is 4.81. The zero-order chi connectivity index (χ0) is 11.6. The van der Waals surface area contributed by atoms with Gasteiger partial charge in [0.1, 0.15) is 0 Å². The first-order chi connectivity index (χ1) is 7.86. The van der Waals surface area contributed by atoms with E-state index in [-0.39, 0.29) is 35.3 Å². The van der Waals surface area contributed by atoms with Crippen LogP contribution in [0.1, 0.15) is 25.7 Å². The van der Waals surface area contributed by atoms with Crippen molar-refractivity contribution >= 4 is 0 Å². The van der Waals surface area contributed by atoms with Crippen LogP contribution in [0.5, 0.6) is 0 Å². The van der Waals surface area contributed by atoms with Gasteiger partial charge in [-0.25, -0.2) is 23.3 Å². The van der Waals surface area contributed by atoms with Gasteiger partial charge in [0.25, 0.3) is 0 Å². The Morgan fingerprint density at radius 2 is 1.26 bits per heavy atom. The fourth-order valence-corrected chi connectivity index (χ4v) is 1.49. The standard InChI is InChI=1S/2C8H9.2FH.Hf/c2*1-2-5-8-6-3-4-7-8;;;/h2*2-3,6H,1,4-5H2;2*1H;/q2*-1;;;. The monoisotopic (exact) mass is 430 g/mol. The smallest absolute Gasteiger partial charge is 0 e. The van der Waals surface area contributed by atoms with E-state index in [1.165, 1.54) is 11.1 Å². The second kappa shape index (κ2) is 15.2. The summed E-state index contributed by atoms with van der Waals surface area (Å²) >= 11 is 0. The Labute approximate surface area is 133 Å². The molecule has 19 heavy (non-hydrogen) atoms. The van der Waals surface area contributed by atoms with Crippen LogP contribution >= 0.6 is 0 Å². The topological polar surface area (TPSA) is 0 Å². The van der Waals surface area contributed by atoms with E-state index in [0.717, 1.165) is 25.7 Å². The summed E-state index contributed by atoms with van der Waals surface area (Å²) in [4.78, 5) is 0. The van der Waals surface area contributed by atoms with Crippen molar-refractivity contribution in [1.82, 2.24) is 0 Å². The molecule has 3 heteroatoms. The summed E-state index contributed by atoms with van der Waals surface area (Å²) in [5, 5.41) is 0. The first-order valence-electron chi connectivity index (χ1n) is 5.61. The number of rotatable bonds is 4. The molecule has 0 aliphatic heterocycles. The van der Waals surface area contributed by atoms with E-state index in [0.29, 0.717) is 0 Å². The summed E-state index contributed by atoms with van der Waals surface area (Å²) in [6.45, 7) is 7.26. The molecule has 0 spiro atoms. The van der Waals surface area contributed by atoms with Gasteiger partial charge in [0.15, 0.2) is 0 Å². The molecular formula is C16H20F2Hf-2. The maximum Gasteiger partial charge on any atom is 0 e. The zero-order valence-electron chi connectivity index (χ0n) is 11.0. The van der Waals surface area contributed by atoms with Crippen molar-refractivity contribution in [2.24, 2.45) is 0 Å². The Kier molecular flexibility index (Phi) is 18.7. The first-order valence-corrected chi connectivity index (χ1v) is 5.61. The van der Waals surface area contributed by atoms with E-state index >= 15 is 0 Å². The summed E-state index contributed by atoms with van der Waals surface area (Å²) in [5.41, 5.74) is 2.56. The van der Waals surface area contributed by atoms with E-state index in [1.807, 2.05) is 12.2 Å². The SMILES string of the molecule is C=CCC1=[C-]CC=C1.C=CCC1=[C-]CC=C1.F.F.[Hf]. The van der Waals surface area contributed by atoms with Gasteiger partial charge in [0, 0.05) is 25.8 Å². The summed E-state index contributed by atoms with van der Waals surface area (Å²) < 4.78 is 0. The molecule has 0 amide bonds. The van der Waals surface area contributed by atoms with Crippen molar-refractivity contribution in [3.05, 3.63) is 72.9 Å². The molecule has 104 valence electrons. The van der Waals surface area contributed by atoms with Crippen LogP contribution in [0, 0.1) is 12.2 Å². The van der Waals surface area contributed by atoms with Gasteiger partial charge in [-0.2, -0.15) is 12.2 Å². The molecule has 0 nitrogen and oxygen atoms in total. The third-order valence-electron chi connectivity index (χ3n) is 2.26. The summed E-state index contributed by atoms with van der Waals surface area (Å²) in [6.07, 6.45) is 22.5. The van der Waals surface area contributed by atoms with Crippen LogP contribution in [0.3, 0.4) is 0 Å². The van der Waals surface area contributed by atoms with Crippen molar-refractivity contribution < 1.29 is 35.3 Å². The Morgan fingerprint density at radius 3 is 1.47 bits per heavy atom. The van der Waals surface area contributed by atoms with Crippen LogP contribution in [-0.2, 0) is 25.8 Å². The van der Waals surface area contributed by atoms with E-state index in [1.54, 1.807) is 0 Å². The molecule has 0 aromatic heterocycles. The minimum absolute atomic E-state index is 0. The summed E-state index contributed by atoms with van der Waals surface area (Å²) in [6, 6.07) is 0. The van der Waals surface area contributed by atoms with Crippen LogP contribution < -0.4 is 0 Å². The second-order valence-corrected chi connectivity index (χ2v) is 3.60. The average Bonchev–Trinajstić information content (AvgIpc) is 2.92. The molecule has 0 atom stereocenters. The Hall–Kier alpha value is -0.830.